The summed E-state index contributed by atoms with van der Waals surface area (Å²) in [7, 11) is 7.76. The Balaban J connectivity index is -0.000000440. The van der Waals surface area contributed by atoms with Crippen molar-refractivity contribution >= 4 is 17.7 Å². The Bertz CT molecular complexity index is 887. The topological polar surface area (TPSA) is 61.8 Å². The zero-order valence-electron chi connectivity index (χ0n) is 36.0. The summed E-state index contributed by atoms with van der Waals surface area (Å²) in [6, 6.07) is 0. The summed E-state index contributed by atoms with van der Waals surface area (Å²) < 4.78 is 5.91. The largest absolute Gasteiger partial charge is 0.388 e. The number of hydrogen-bond donors (Lipinski definition) is 2. The Morgan fingerprint density at radius 2 is 1.63 bits per heavy atom. The lowest BCUT2D eigenvalue weighted by Gasteiger charge is -2.46. The summed E-state index contributed by atoms with van der Waals surface area (Å²) in [5.41, 5.74) is 1.98. The van der Waals surface area contributed by atoms with Crippen LogP contribution in [0.25, 0.3) is 0 Å². The van der Waals surface area contributed by atoms with Gasteiger partial charge in [-0.15, -0.1) is 0 Å². The molecule has 1 saturated carbocycles. The third-order valence-electron chi connectivity index (χ3n) is 9.05. The summed E-state index contributed by atoms with van der Waals surface area (Å²) in [6.07, 6.45) is 14.4. The Kier molecular flexibility index (Phi) is 39.1. The minimum Gasteiger partial charge on any atom is -0.388 e. The lowest BCUT2D eigenvalue weighted by molar-refractivity contribution is -0.138. The molecule has 49 heavy (non-hydrogen) atoms. The van der Waals surface area contributed by atoms with E-state index in [2.05, 4.69) is 89.2 Å². The number of nitrogens with one attached hydrogen (secondary N) is 1. The summed E-state index contributed by atoms with van der Waals surface area (Å²) in [4.78, 5) is 15.1. The van der Waals surface area contributed by atoms with Gasteiger partial charge in [0, 0.05) is 25.3 Å². The molecule has 2 aliphatic carbocycles. The van der Waals surface area contributed by atoms with Crippen LogP contribution >= 0.6 is 11.8 Å². The van der Waals surface area contributed by atoms with Gasteiger partial charge in [0.25, 0.3) is 0 Å². The number of amides is 1. The predicted molar refractivity (Wildman–Crippen MR) is 223 cm³/mol. The van der Waals surface area contributed by atoms with Crippen molar-refractivity contribution in [1.29, 1.82) is 0 Å². The minimum absolute atomic E-state index is 0.135. The van der Waals surface area contributed by atoms with Gasteiger partial charge in [-0.3, -0.25) is 4.79 Å². The Hall–Kier alpha value is -1.26. The Labute approximate surface area is 312 Å². The van der Waals surface area contributed by atoms with E-state index in [1.807, 2.05) is 62.5 Å². The van der Waals surface area contributed by atoms with Gasteiger partial charge in [-0.25, -0.2) is 0 Å². The minimum atomic E-state index is -0.430. The molecule has 1 fully saturated rings. The number of rotatable bonds is 13. The van der Waals surface area contributed by atoms with Crippen LogP contribution in [0.3, 0.4) is 0 Å². The molecule has 1 amide bonds. The number of methoxy groups -OCH3 is 1. The third-order valence-corrected chi connectivity index (χ3v) is 10.0. The van der Waals surface area contributed by atoms with E-state index in [4.69, 9.17) is 4.74 Å². The van der Waals surface area contributed by atoms with Crippen LogP contribution in [0.2, 0.25) is 0 Å². The first-order chi connectivity index (χ1) is 23.3. The van der Waals surface area contributed by atoms with Crippen LogP contribution in [-0.4, -0.2) is 68.7 Å². The number of carbonyl (C=O) groups is 1. The molecule has 5 nitrogen and oxygen atoms in total. The standard InChI is InChI=1S/C26H45NO3.C6H10S.C5H13N.3C2H6/c1-17(20-14-15-22(28)19(3)16-20)12-13-18(2)24(26(4,5)25(29)27-6)21-10-8-9-11-23(21)30-7;1-3-5-7-6-4-2;1-4-5-6(2)3;3*1-2/h14,16-18,21-24,28H,8-13,15H2,1-7H3,(H,27,29);3,5H2,1-2H3;4-5H2,1-3H3;3*1-2H3. The second-order valence-corrected chi connectivity index (χ2v) is 14.3. The van der Waals surface area contributed by atoms with Crippen LogP contribution in [0.5, 0.6) is 0 Å². The van der Waals surface area contributed by atoms with E-state index in [1.165, 1.54) is 43.6 Å². The monoisotopic (exact) mass is 711 g/mol. The Morgan fingerprint density at radius 3 is 2.06 bits per heavy atom. The van der Waals surface area contributed by atoms with Gasteiger partial charge in [0.15, 0.2) is 0 Å². The highest BCUT2D eigenvalue weighted by molar-refractivity contribution is 8.03. The number of aliphatic hydroxyl groups excluding tert-OH is 1. The average molecular weight is 711 g/mol. The maximum atomic E-state index is 12.9. The molecule has 0 bridgehead atoms. The van der Waals surface area contributed by atoms with Crippen LogP contribution < -0.4 is 5.32 Å². The molecule has 0 heterocycles. The number of aliphatic hydroxyl groups is 1. The second kappa shape index (κ2) is 35.2. The van der Waals surface area contributed by atoms with E-state index in [1.54, 1.807) is 18.8 Å². The fourth-order valence-electron chi connectivity index (χ4n) is 6.70. The molecule has 0 radical (unpaired) electrons. The molecule has 6 heteroatoms. The van der Waals surface area contributed by atoms with Gasteiger partial charge in [-0.1, -0.05) is 126 Å². The Morgan fingerprint density at radius 1 is 1.06 bits per heavy atom. The zero-order chi connectivity index (χ0) is 39.0. The SMILES string of the molecule is CC.CC.CC.CC#CSCCC.CCCN(C)C.CNC(=O)C(C)(C)C(C(C)CCC(C)C1=CCC(O)C(C)=C1)C1CCCCC1OC. The number of allylic oxidation sites excluding steroid dienone is 2. The first-order valence-corrected chi connectivity index (χ1v) is 20.8. The molecule has 2 rings (SSSR count). The molecule has 2 N–H and O–H groups in total. The van der Waals surface area contributed by atoms with E-state index in [0.29, 0.717) is 17.8 Å². The average Bonchev–Trinajstić information content (AvgIpc) is 3.11. The first kappa shape index (κ1) is 54.5. The van der Waals surface area contributed by atoms with Crippen molar-refractivity contribution in [2.75, 3.05) is 40.6 Å². The predicted octanol–water partition coefficient (Wildman–Crippen LogP) is 11.4. The van der Waals surface area contributed by atoms with Gasteiger partial charge < -0.3 is 20.1 Å². The molecule has 0 aromatic heterocycles. The van der Waals surface area contributed by atoms with Crippen molar-refractivity contribution in [3.05, 3.63) is 23.3 Å². The van der Waals surface area contributed by atoms with Crippen molar-refractivity contribution in [2.45, 2.75) is 167 Å². The normalized spacial score (nSPS) is 19.9. The van der Waals surface area contributed by atoms with E-state index >= 15 is 0 Å². The maximum Gasteiger partial charge on any atom is 0.225 e. The molecular weight excluding hydrogens is 625 g/mol. The van der Waals surface area contributed by atoms with E-state index in [0.717, 1.165) is 37.7 Å². The smallest absolute Gasteiger partial charge is 0.225 e. The summed E-state index contributed by atoms with van der Waals surface area (Å²) >= 11 is 1.69. The second-order valence-electron chi connectivity index (χ2n) is 13.4. The summed E-state index contributed by atoms with van der Waals surface area (Å²) in [5, 5.41) is 15.8. The molecule has 0 aliphatic heterocycles. The number of carbonyl (C=O) groups excluding carboxylic acids is 1. The van der Waals surface area contributed by atoms with Crippen molar-refractivity contribution in [3.63, 3.8) is 0 Å². The van der Waals surface area contributed by atoms with Crippen molar-refractivity contribution in [3.8, 4) is 11.2 Å². The van der Waals surface area contributed by atoms with Crippen LogP contribution in [-0.2, 0) is 9.53 Å². The highest BCUT2D eigenvalue weighted by atomic mass is 32.2. The molecule has 6 unspecified atom stereocenters. The quantitative estimate of drug-likeness (QED) is 0.147. The van der Waals surface area contributed by atoms with Gasteiger partial charge in [-0.05, 0) is 120 Å². The van der Waals surface area contributed by atoms with Crippen LogP contribution in [0.1, 0.15) is 155 Å². The van der Waals surface area contributed by atoms with Crippen LogP contribution in [0.15, 0.2) is 23.3 Å². The van der Waals surface area contributed by atoms with Crippen LogP contribution in [0, 0.1) is 40.3 Å². The van der Waals surface area contributed by atoms with Crippen molar-refractivity contribution in [2.24, 2.45) is 29.1 Å². The molecule has 6 atom stereocenters. The molecule has 0 aromatic carbocycles. The lowest BCUT2D eigenvalue weighted by Crippen LogP contribution is -2.49. The fraction of sp³-hybridized carbons (Fsp3) is 0.837. The molecule has 292 valence electrons. The number of hydrogen-bond acceptors (Lipinski definition) is 5. The van der Waals surface area contributed by atoms with Crippen molar-refractivity contribution in [1.82, 2.24) is 10.2 Å². The van der Waals surface area contributed by atoms with E-state index in [-0.39, 0.29) is 24.0 Å². The fourth-order valence-corrected chi connectivity index (χ4v) is 7.15. The lowest BCUT2D eigenvalue weighted by atomic mass is 9.60. The number of thioether (sulfide) groups is 1. The number of ether oxygens (including phenoxy) is 1. The van der Waals surface area contributed by atoms with Gasteiger partial charge in [0.05, 0.1) is 12.2 Å². The van der Waals surface area contributed by atoms with E-state index < -0.39 is 5.41 Å². The van der Waals surface area contributed by atoms with Gasteiger partial charge in [-0.2, -0.15) is 0 Å². The highest BCUT2D eigenvalue weighted by Gasteiger charge is 2.46. The first-order valence-electron chi connectivity index (χ1n) is 19.8. The van der Waals surface area contributed by atoms with Crippen molar-refractivity contribution < 1.29 is 14.6 Å². The van der Waals surface area contributed by atoms with Gasteiger partial charge in [0.1, 0.15) is 0 Å². The van der Waals surface area contributed by atoms with Crippen LogP contribution in [0.4, 0.5) is 0 Å². The summed E-state index contributed by atoms with van der Waals surface area (Å²) in [6.45, 7) is 30.3. The molecule has 0 saturated heterocycles. The molecule has 0 spiro atoms. The molecular formula is C43H86N2O3S. The van der Waals surface area contributed by atoms with Gasteiger partial charge >= 0.3 is 0 Å². The zero-order valence-corrected chi connectivity index (χ0v) is 36.8. The molecule has 0 aromatic rings. The van der Waals surface area contributed by atoms with Gasteiger partial charge in [0.2, 0.25) is 5.91 Å². The maximum absolute atomic E-state index is 12.9. The summed E-state index contributed by atoms with van der Waals surface area (Å²) in [5.74, 6) is 5.72. The van der Waals surface area contributed by atoms with E-state index in [9.17, 15) is 9.90 Å². The molecule has 2 aliphatic rings. The highest BCUT2D eigenvalue weighted by Crippen LogP contribution is 2.47. The third kappa shape index (κ3) is 23.8. The number of nitrogens with zero attached hydrogens (tertiary/aromatic N) is 1.